The first-order valence-electron chi connectivity index (χ1n) is 8.20. The molecule has 4 rings (SSSR count). The molecule has 0 aromatic heterocycles. The van der Waals surface area contributed by atoms with Gasteiger partial charge in [-0.25, -0.2) is 8.42 Å². The summed E-state index contributed by atoms with van der Waals surface area (Å²) >= 11 is 6.10. The minimum absolute atomic E-state index is 0.0404. The lowest BCUT2D eigenvalue weighted by Crippen LogP contribution is -2.44. The van der Waals surface area contributed by atoms with E-state index in [-0.39, 0.29) is 21.8 Å². The van der Waals surface area contributed by atoms with Gasteiger partial charge in [-0.1, -0.05) is 37.5 Å². The third-order valence-corrected chi connectivity index (χ3v) is 7.82. The van der Waals surface area contributed by atoms with Gasteiger partial charge in [0.1, 0.15) is 11.8 Å². The molecule has 0 radical (unpaired) electrons. The van der Waals surface area contributed by atoms with Gasteiger partial charge in [0.05, 0.1) is 9.94 Å². The molecule has 6 nitrogen and oxygen atoms in total. The zero-order valence-corrected chi connectivity index (χ0v) is 15.6. The van der Waals surface area contributed by atoms with Crippen molar-refractivity contribution in [3.05, 3.63) is 22.1 Å². The molecule has 8 heteroatoms. The Morgan fingerprint density at radius 3 is 2.83 bits per heavy atom. The average Bonchev–Trinajstić information content (AvgIpc) is 3.01. The van der Waals surface area contributed by atoms with Gasteiger partial charge in [-0.05, 0) is 42.2 Å². The third-order valence-electron chi connectivity index (χ3n) is 5.48. The summed E-state index contributed by atoms with van der Waals surface area (Å²) in [4.78, 5) is 5.14. The first kappa shape index (κ1) is 16.6. The van der Waals surface area contributed by atoms with Gasteiger partial charge < -0.3 is 0 Å². The lowest BCUT2D eigenvalue weighted by molar-refractivity contribution is 0.0663. The van der Waals surface area contributed by atoms with E-state index in [1.165, 1.54) is 0 Å². The Morgan fingerprint density at radius 1 is 1.33 bits per heavy atom. The van der Waals surface area contributed by atoms with E-state index < -0.39 is 16.1 Å². The van der Waals surface area contributed by atoms with Crippen LogP contribution in [0.2, 0.25) is 0 Å². The Morgan fingerprint density at radius 2 is 2.08 bits per heavy atom. The molecule has 2 heterocycles. The Balaban J connectivity index is 1.71. The van der Waals surface area contributed by atoms with E-state index in [9.17, 15) is 8.42 Å². The van der Waals surface area contributed by atoms with Crippen molar-refractivity contribution in [3.63, 3.8) is 0 Å². The second-order valence-electron chi connectivity index (χ2n) is 8.47. The maximum absolute atomic E-state index is 13.4. The van der Waals surface area contributed by atoms with Crippen LogP contribution in [-0.4, -0.2) is 37.1 Å². The monoisotopic (exact) mass is 371 g/mol. The fourth-order valence-electron chi connectivity index (χ4n) is 5.01. The number of sulfonamides is 1. The highest BCUT2D eigenvalue weighted by Gasteiger charge is 2.54. The lowest BCUT2D eigenvalue weighted by Gasteiger charge is -2.39. The van der Waals surface area contributed by atoms with Gasteiger partial charge in [0, 0.05) is 12.6 Å². The van der Waals surface area contributed by atoms with Gasteiger partial charge in [-0.15, -0.1) is 5.48 Å². The molecule has 3 unspecified atom stereocenters. The summed E-state index contributed by atoms with van der Waals surface area (Å²) in [7, 11) is -3.61. The van der Waals surface area contributed by atoms with Crippen molar-refractivity contribution in [1.29, 1.82) is 0 Å². The molecular formula is C16H22ClN3O3S. The Labute approximate surface area is 147 Å². The summed E-state index contributed by atoms with van der Waals surface area (Å²) in [5.74, 6) is 0. The average molecular weight is 372 g/mol. The maximum atomic E-state index is 13.4. The van der Waals surface area contributed by atoms with Crippen LogP contribution in [0.5, 0.6) is 0 Å². The molecule has 2 aliphatic carbocycles. The molecule has 4 aliphatic rings. The number of rotatable bonds is 2. The number of nitrogens with one attached hydrogen (secondary N) is 1. The molecule has 2 bridgehead atoms. The number of nitrogens with zero attached hydrogens (tertiary/aromatic N) is 2. The van der Waals surface area contributed by atoms with Crippen LogP contribution in [0.4, 0.5) is 0 Å². The molecule has 0 aromatic rings. The van der Waals surface area contributed by atoms with Crippen molar-refractivity contribution in [2.24, 2.45) is 16.0 Å². The molecule has 0 amide bonds. The molecule has 0 aromatic carbocycles. The molecule has 1 saturated heterocycles. The second-order valence-corrected chi connectivity index (χ2v) is 10.8. The fraction of sp³-hybridized carbons (Fsp3) is 0.688. The first-order valence-corrected chi connectivity index (χ1v) is 10.0. The summed E-state index contributed by atoms with van der Waals surface area (Å²) in [5, 5.41) is 4.21. The molecule has 1 saturated carbocycles. The van der Waals surface area contributed by atoms with Crippen molar-refractivity contribution in [1.82, 2.24) is 9.79 Å². The van der Waals surface area contributed by atoms with Gasteiger partial charge in [-0.3, -0.25) is 4.94 Å². The van der Waals surface area contributed by atoms with Crippen LogP contribution >= 0.6 is 11.6 Å². The van der Waals surface area contributed by atoms with Crippen LogP contribution in [-0.2, 0) is 15.0 Å². The van der Waals surface area contributed by atoms with Gasteiger partial charge in [0.2, 0.25) is 10.0 Å². The molecule has 2 aliphatic heterocycles. The summed E-state index contributed by atoms with van der Waals surface area (Å²) in [6.45, 7) is 7.23. The highest BCUT2D eigenvalue weighted by molar-refractivity contribution is 7.93. The topological polar surface area (TPSA) is 71.0 Å². The molecule has 24 heavy (non-hydrogen) atoms. The van der Waals surface area contributed by atoms with Crippen molar-refractivity contribution in [2.45, 2.75) is 52.1 Å². The van der Waals surface area contributed by atoms with Gasteiger partial charge in [0.15, 0.2) is 0 Å². The number of hydroxylamine groups is 1. The lowest BCUT2D eigenvalue weighted by atomic mass is 9.65. The van der Waals surface area contributed by atoms with Crippen molar-refractivity contribution in [2.75, 3.05) is 6.54 Å². The number of allylic oxidation sites excluding steroid dienone is 2. The van der Waals surface area contributed by atoms with E-state index in [2.05, 4.69) is 31.4 Å². The number of oxime groups is 1. The standard InChI is InChI=1S/C16H22ClN3O3S/c1-15(2)6-10-7-16(3,8-15)9-20(10)24(21,22)12-5-4-11(17)13-14(12)19-23-18-13/h4-5,10,14,19H,6-9H2,1-3H3. The number of hydrogen-bond acceptors (Lipinski definition) is 5. The van der Waals surface area contributed by atoms with Crippen molar-refractivity contribution >= 4 is 27.3 Å². The predicted octanol–water partition coefficient (Wildman–Crippen LogP) is 2.50. The third kappa shape index (κ3) is 2.44. The van der Waals surface area contributed by atoms with Gasteiger partial charge in [0.25, 0.3) is 0 Å². The van der Waals surface area contributed by atoms with Crippen LogP contribution in [0.1, 0.15) is 40.0 Å². The van der Waals surface area contributed by atoms with Crippen molar-refractivity contribution < 1.29 is 13.4 Å². The number of hydrogen-bond donors (Lipinski definition) is 1. The van der Waals surface area contributed by atoms with Crippen LogP contribution in [0, 0.1) is 10.8 Å². The van der Waals surface area contributed by atoms with E-state index in [0.29, 0.717) is 17.3 Å². The van der Waals surface area contributed by atoms with Crippen LogP contribution in [0.3, 0.4) is 0 Å². The summed E-state index contributed by atoms with van der Waals surface area (Å²) in [6.07, 6.45) is 6.01. The smallest absolute Gasteiger partial charge is 0.241 e. The van der Waals surface area contributed by atoms with E-state index >= 15 is 0 Å². The Bertz CT molecular complexity index is 786. The molecular weight excluding hydrogens is 350 g/mol. The van der Waals surface area contributed by atoms with Crippen LogP contribution in [0.25, 0.3) is 0 Å². The maximum Gasteiger partial charge on any atom is 0.241 e. The van der Waals surface area contributed by atoms with E-state index in [4.69, 9.17) is 16.5 Å². The molecule has 1 N–H and O–H groups in total. The van der Waals surface area contributed by atoms with Crippen LogP contribution < -0.4 is 5.48 Å². The largest absolute Gasteiger partial charge is 0.298 e. The second kappa shape index (κ2) is 5.06. The minimum atomic E-state index is -3.61. The highest BCUT2D eigenvalue weighted by atomic mass is 35.5. The molecule has 0 spiro atoms. The zero-order chi connectivity index (χ0) is 17.3. The highest BCUT2D eigenvalue weighted by Crippen LogP contribution is 2.53. The Hall–Kier alpha value is -0.890. The SMILES string of the molecule is CC1(C)CC2CC(C)(CN2S(=O)(=O)C2=CC=C(Cl)C3=NONC23)C1. The zero-order valence-electron chi connectivity index (χ0n) is 14.0. The first-order chi connectivity index (χ1) is 11.1. The van der Waals surface area contributed by atoms with Gasteiger partial charge in [-0.2, -0.15) is 4.31 Å². The van der Waals surface area contributed by atoms with Crippen LogP contribution in [0.15, 0.2) is 27.2 Å². The normalized spacial score (nSPS) is 38.1. The predicted molar refractivity (Wildman–Crippen MR) is 92.6 cm³/mol. The summed E-state index contributed by atoms with van der Waals surface area (Å²) < 4.78 is 28.4. The quantitative estimate of drug-likeness (QED) is 0.809. The summed E-state index contributed by atoms with van der Waals surface area (Å²) in [6, 6.07) is -0.581. The molecule has 2 fully saturated rings. The summed E-state index contributed by atoms with van der Waals surface area (Å²) in [5.41, 5.74) is 3.27. The van der Waals surface area contributed by atoms with Crippen molar-refractivity contribution in [3.8, 4) is 0 Å². The van der Waals surface area contributed by atoms with E-state index in [0.717, 1.165) is 19.3 Å². The number of halogens is 1. The van der Waals surface area contributed by atoms with E-state index in [1.807, 2.05) is 0 Å². The van der Waals surface area contributed by atoms with E-state index in [1.54, 1.807) is 16.5 Å². The molecule has 3 atom stereocenters. The fourth-order valence-corrected chi connectivity index (χ4v) is 7.21. The molecule has 132 valence electrons. The minimum Gasteiger partial charge on any atom is -0.298 e. The number of fused-ring (bicyclic) bond motifs is 3. The Kier molecular flexibility index (Phi) is 3.50. The van der Waals surface area contributed by atoms with Gasteiger partial charge >= 0.3 is 0 Å².